The number of rotatable bonds is 3. The van der Waals surface area contributed by atoms with Crippen LogP contribution in [0.2, 0.25) is 0 Å². The van der Waals surface area contributed by atoms with Gasteiger partial charge in [0.1, 0.15) is 0 Å². The number of nitrogens with zero attached hydrogens (tertiary/aromatic N) is 2. The molecule has 0 amide bonds. The van der Waals surface area contributed by atoms with Crippen LogP contribution < -0.4 is 5.32 Å². The number of imidazole rings is 1. The highest BCUT2D eigenvalue weighted by molar-refractivity contribution is 5.76. The Bertz CT molecular complexity index is 524. The molecule has 0 bridgehead atoms. The largest absolute Gasteiger partial charge is 0.331 e. The quantitative estimate of drug-likeness (QED) is 0.898. The zero-order valence-electron chi connectivity index (χ0n) is 11.0. The Balaban J connectivity index is 1.80. The third kappa shape index (κ3) is 2.27. The smallest absolute Gasteiger partial charge is 0.0958 e. The summed E-state index contributed by atoms with van der Waals surface area (Å²) in [6, 6.07) is 6.75. The van der Waals surface area contributed by atoms with Crippen molar-refractivity contribution in [1.29, 1.82) is 0 Å². The fourth-order valence-electron chi connectivity index (χ4n) is 2.92. The van der Waals surface area contributed by atoms with E-state index in [-0.39, 0.29) is 0 Å². The zero-order valence-corrected chi connectivity index (χ0v) is 11.0. The molecule has 0 saturated carbocycles. The van der Waals surface area contributed by atoms with Gasteiger partial charge in [0.05, 0.1) is 17.4 Å². The number of hydrogen-bond donors (Lipinski definition) is 1. The lowest BCUT2D eigenvalue weighted by Crippen LogP contribution is -2.30. The summed E-state index contributed by atoms with van der Waals surface area (Å²) in [5.41, 5.74) is 3.82. The van der Waals surface area contributed by atoms with E-state index in [1.807, 2.05) is 6.33 Å². The highest BCUT2D eigenvalue weighted by Gasteiger charge is 2.14. The fourth-order valence-corrected chi connectivity index (χ4v) is 2.92. The van der Waals surface area contributed by atoms with Gasteiger partial charge < -0.3 is 9.88 Å². The number of hydrogen-bond acceptors (Lipinski definition) is 2. The molecule has 3 heteroatoms. The number of fused-ring (bicyclic) bond motifs is 1. The Kier molecular flexibility index (Phi) is 3.33. The molecule has 2 heterocycles. The summed E-state index contributed by atoms with van der Waals surface area (Å²) in [5.74, 6) is 0.796. The van der Waals surface area contributed by atoms with Crippen LogP contribution in [0.4, 0.5) is 0 Å². The van der Waals surface area contributed by atoms with Crippen molar-refractivity contribution in [2.45, 2.75) is 32.7 Å². The van der Waals surface area contributed by atoms with Crippen LogP contribution in [0.25, 0.3) is 11.0 Å². The van der Waals surface area contributed by atoms with Gasteiger partial charge in [-0.1, -0.05) is 6.07 Å². The summed E-state index contributed by atoms with van der Waals surface area (Å²) in [4.78, 5) is 4.49. The second-order valence-corrected chi connectivity index (χ2v) is 5.27. The molecular formula is C15H21N3. The summed E-state index contributed by atoms with van der Waals surface area (Å²) < 4.78 is 2.20. The van der Waals surface area contributed by atoms with Crippen molar-refractivity contribution < 1.29 is 0 Å². The van der Waals surface area contributed by atoms with E-state index in [2.05, 4.69) is 40.0 Å². The van der Waals surface area contributed by atoms with Gasteiger partial charge >= 0.3 is 0 Å². The minimum absolute atomic E-state index is 0.796. The summed E-state index contributed by atoms with van der Waals surface area (Å²) in [5, 5.41) is 3.49. The number of piperidine rings is 1. The van der Waals surface area contributed by atoms with Crippen molar-refractivity contribution in [3.8, 4) is 0 Å². The molecular weight excluding hydrogens is 222 g/mol. The molecule has 1 atom stereocenters. The van der Waals surface area contributed by atoms with E-state index in [1.54, 1.807) is 0 Å². The predicted octanol–water partition coefficient (Wildman–Crippen LogP) is 2.60. The van der Waals surface area contributed by atoms with Gasteiger partial charge in [0.2, 0.25) is 0 Å². The maximum absolute atomic E-state index is 4.49. The molecule has 3 nitrogen and oxygen atoms in total. The number of aryl methyl sites for hydroxylation is 1. The van der Waals surface area contributed by atoms with Crippen molar-refractivity contribution in [3.63, 3.8) is 0 Å². The zero-order chi connectivity index (χ0) is 12.4. The van der Waals surface area contributed by atoms with Crippen LogP contribution in [-0.2, 0) is 13.0 Å². The first-order chi connectivity index (χ1) is 8.86. The van der Waals surface area contributed by atoms with Crippen LogP contribution in [0.3, 0.4) is 0 Å². The third-order valence-electron chi connectivity index (χ3n) is 3.95. The van der Waals surface area contributed by atoms with E-state index in [0.29, 0.717) is 0 Å². The van der Waals surface area contributed by atoms with Crippen LogP contribution in [0.1, 0.15) is 25.3 Å². The number of aromatic nitrogens is 2. The van der Waals surface area contributed by atoms with E-state index in [4.69, 9.17) is 0 Å². The van der Waals surface area contributed by atoms with Gasteiger partial charge in [0.15, 0.2) is 0 Å². The van der Waals surface area contributed by atoms with Crippen LogP contribution in [0, 0.1) is 5.92 Å². The molecule has 1 aromatic heterocycles. The van der Waals surface area contributed by atoms with Crippen molar-refractivity contribution in [2.75, 3.05) is 13.1 Å². The molecule has 3 rings (SSSR count). The molecule has 1 fully saturated rings. The van der Waals surface area contributed by atoms with Crippen LogP contribution >= 0.6 is 0 Å². The fraction of sp³-hybridized carbons (Fsp3) is 0.533. The average Bonchev–Trinajstić information content (AvgIpc) is 2.82. The lowest BCUT2D eigenvalue weighted by atomic mass is 9.92. The molecule has 18 heavy (non-hydrogen) atoms. The molecule has 1 aliphatic rings. The topological polar surface area (TPSA) is 29.9 Å². The summed E-state index contributed by atoms with van der Waals surface area (Å²) in [6.45, 7) is 5.50. The van der Waals surface area contributed by atoms with Crippen LogP contribution in [-0.4, -0.2) is 22.6 Å². The van der Waals surface area contributed by atoms with Crippen molar-refractivity contribution >= 4 is 11.0 Å². The van der Waals surface area contributed by atoms with Crippen molar-refractivity contribution in [3.05, 3.63) is 30.1 Å². The van der Waals surface area contributed by atoms with Gasteiger partial charge in [0.25, 0.3) is 0 Å². The van der Waals surface area contributed by atoms with E-state index < -0.39 is 0 Å². The maximum atomic E-state index is 4.49. The second-order valence-electron chi connectivity index (χ2n) is 5.27. The highest BCUT2D eigenvalue weighted by atomic mass is 15.0. The first-order valence-corrected chi connectivity index (χ1v) is 7.01. The van der Waals surface area contributed by atoms with Crippen LogP contribution in [0.15, 0.2) is 24.5 Å². The Morgan fingerprint density at radius 2 is 2.39 bits per heavy atom. The summed E-state index contributed by atoms with van der Waals surface area (Å²) >= 11 is 0. The van der Waals surface area contributed by atoms with Crippen LogP contribution in [0.5, 0.6) is 0 Å². The standard InChI is InChI=1S/C15H21N3/c1-2-18-11-17-14-9-12(5-6-15(14)18)8-13-4-3-7-16-10-13/h5-6,9,11,13,16H,2-4,7-8,10H2,1H3. The van der Waals surface area contributed by atoms with E-state index in [1.165, 1.54) is 43.4 Å². The second kappa shape index (κ2) is 5.11. The molecule has 1 N–H and O–H groups in total. The minimum Gasteiger partial charge on any atom is -0.331 e. The Morgan fingerprint density at radius 1 is 1.44 bits per heavy atom. The van der Waals surface area contributed by atoms with Gasteiger partial charge in [0, 0.05) is 6.54 Å². The van der Waals surface area contributed by atoms with Crippen molar-refractivity contribution in [2.24, 2.45) is 5.92 Å². The van der Waals surface area contributed by atoms with E-state index in [0.717, 1.165) is 18.0 Å². The molecule has 0 aliphatic carbocycles. The van der Waals surface area contributed by atoms with Gasteiger partial charge in [-0.3, -0.25) is 0 Å². The van der Waals surface area contributed by atoms with Gasteiger partial charge in [-0.2, -0.15) is 0 Å². The minimum atomic E-state index is 0.796. The Labute approximate surface area is 108 Å². The van der Waals surface area contributed by atoms with E-state index >= 15 is 0 Å². The SMILES string of the molecule is CCn1cnc2cc(CC3CCCNC3)ccc21. The molecule has 0 spiro atoms. The molecule has 96 valence electrons. The predicted molar refractivity (Wildman–Crippen MR) is 74.7 cm³/mol. The van der Waals surface area contributed by atoms with Gasteiger partial charge in [-0.15, -0.1) is 0 Å². The molecule has 1 aliphatic heterocycles. The van der Waals surface area contributed by atoms with Gasteiger partial charge in [-0.25, -0.2) is 4.98 Å². The van der Waals surface area contributed by atoms with E-state index in [9.17, 15) is 0 Å². The Morgan fingerprint density at radius 3 is 3.17 bits per heavy atom. The normalized spacial score (nSPS) is 20.4. The molecule has 1 saturated heterocycles. The lowest BCUT2D eigenvalue weighted by molar-refractivity contribution is 0.376. The van der Waals surface area contributed by atoms with Crippen molar-refractivity contribution in [1.82, 2.24) is 14.9 Å². The molecule has 2 aromatic rings. The monoisotopic (exact) mass is 243 g/mol. The molecule has 1 aromatic carbocycles. The highest BCUT2D eigenvalue weighted by Crippen LogP contribution is 2.20. The third-order valence-corrected chi connectivity index (χ3v) is 3.95. The summed E-state index contributed by atoms with van der Waals surface area (Å²) in [7, 11) is 0. The first-order valence-electron chi connectivity index (χ1n) is 7.01. The number of benzene rings is 1. The van der Waals surface area contributed by atoms with Gasteiger partial charge in [-0.05, 0) is 62.9 Å². The maximum Gasteiger partial charge on any atom is 0.0958 e. The first kappa shape index (κ1) is 11.7. The Hall–Kier alpha value is -1.35. The lowest BCUT2D eigenvalue weighted by Gasteiger charge is -2.22. The summed E-state index contributed by atoms with van der Waals surface area (Å²) in [6.07, 6.45) is 5.80. The molecule has 0 radical (unpaired) electrons. The number of nitrogens with one attached hydrogen (secondary N) is 1. The average molecular weight is 243 g/mol. The molecule has 1 unspecified atom stereocenters.